The van der Waals surface area contributed by atoms with Crippen LogP contribution >= 0.6 is 34.7 Å². The van der Waals surface area contributed by atoms with Crippen LogP contribution < -0.4 is 10.1 Å². The summed E-state index contributed by atoms with van der Waals surface area (Å²) in [7, 11) is 0. The average molecular weight is 548 g/mol. The van der Waals surface area contributed by atoms with Crippen LogP contribution in [0, 0.1) is 17.1 Å². The van der Waals surface area contributed by atoms with Gasteiger partial charge in [0.15, 0.2) is 17.1 Å². The van der Waals surface area contributed by atoms with Gasteiger partial charge in [-0.2, -0.15) is 5.26 Å². The Morgan fingerprint density at radius 1 is 1.33 bits per heavy atom. The second-order valence-corrected chi connectivity index (χ2v) is 10.9. The van der Waals surface area contributed by atoms with Crippen LogP contribution in [-0.2, 0) is 24.2 Å². The number of thioether (sulfide) groups is 1. The molecule has 1 aliphatic rings. The molecule has 11 heteroatoms. The summed E-state index contributed by atoms with van der Waals surface area (Å²) in [5, 5.41) is 22.6. The van der Waals surface area contributed by atoms with Crippen LogP contribution in [0.3, 0.4) is 0 Å². The van der Waals surface area contributed by atoms with Gasteiger partial charge in [-0.25, -0.2) is 4.39 Å². The molecule has 1 aromatic carbocycles. The molecule has 0 saturated heterocycles. The molecule has 1 aliphatic carbocycles. The number of carbonyl (C=O) groups excluding carboxylic acids is 1. The number of thiophene rings is 1. The zero-order chi connectivity index (χ0) is 25.7. The van der Waals surface area contributed by atoms with E-state index < -0.39 is 11.9 Å². The van der Waals surface area contributed by atoms with Crippen LogP contribution in [-0.4, -0.2) is 26.4 Å². The first kappa shape index (κ1) is 26.5. The van der Waals surface area contributed by atoms with Crippen molar-refractivity contribution in [3.05, 3.63) is 50.9 Å². The molecular weight excluding hydrogens is 521 g/mol. The third-order valence-electron chi connectivity index (χ3n) is 5.99. The number of amides is 1. The second kappa shape index (κ2) is 12.1. The fourth-order valence-electron chi connectivity index (χ4n) is 4.24. The number of anilines is 1. The molecule has 1 unspecified atom stereocenters. The Balaban J connectivity index is 1.42. The molecule has 36 heavy (non-hydrogen) atoms. The Morgan fingerprint density at radius 3 is 2.83 bits per heavy atom. The standard InChI is InChI=1S/C25H27ClFN5O2S2/c1-3-32-23(15(2)34-20-11-10-16(27)12-19(20)26)30-31-25(32)35-14-22(33)29-24-18(13-28)17-8-6-4-5-7-9-21(17)36-24/h10-12,15H,3-9,14H2,1-2H3,(H,29,33). The van der Waals surface area contributed by atoms with Crippen molar-refractivity contribution in [2.75, 3.05) is 11.1 Å². The van der Waals surface area contributed by atoms with Crippen LogP contribution in [0.1, 0.15) is 67.5 Å². The first-order valence-electron chi connectivity index (χ1n) is 11.9. The molecule has 7 nitrogen and oxygen atoms in total. The number of nitrogens with zero attached hydrogens (tertiary/aromatic N) is 4. The summed E-state index contributed by atoms with van der Waals surface area (Å²) >= 11 is 8.89. The zero-order valence-electron chi connectivity index (χ0n) is 20.1. The molecular formula is C25H27ClFN5O2S2. The molecule has 0 aliphatic heterocycles. The molecule has 0 radical (unpaired) electrons. The van der Waals surface area contributed by atoms with E-state index in [9.17, 15) is 14.4 Å². The number of halogens is 2. The maximum absolute atomic E-state index is 13.3. The highest BCUT2D eigenvalue weighted by Crippen LogP contribution is 2.37. The number of nitrogens with one attached hydrogen (secondary N) is 1. The second-order valence-electron chi connectivity index (χ2n) is 8.49. The van der Waals surface area contributed by atoms with Crippen molar-refractivity contribution in [2.45, 2.75) is 70.2 Å². The van der Waals surface area contributed by atoms with E-state index >= 15 is 0 Å². The summed E-state index contributed by atoms with van der Waals surface area (Å²) < 4.78 is 21.1. The van der Waals surface area contributed by atoms with Gasteiger partial charge in [0, 0.05) is 11.4 Å². The van der Waals surface area contributed by atoms with Crippen LogP contribution in [0.15, 0.2) is 23.4 Å². The van der Waals surface area contributed by atoms with Crippen molar-refractivity contribution >= 4 is 45.6 Å². The minimum atomic E-state index is -0.493. The minimum absolute atomic E-state index is 0.130. The SMILES string of the molecule is CCn1c(SCC(=O)Nc2sc3c(c2C#N)CCCCCC3)nnc1C(C)Oc1ccc(F)cc1Cl. The van der Waals surface area contributed by atoms with E-state index in [2.05, 4.69) is 21.6 Å². The molecule has 0 fully saturated rings. The Labute approximate surface area is 223 Å². The van der Waals surface area contributed by atoms with Gasteiger partial charge in [-0.1, -0.05) is 36.2 Å². The molecule has 0 saturated carbocycles. The van der Waals surface area contributed by atoms with Crippen molar-refractivity contribution in [1.29, 1.82) is 5.26 Å². The number of rotatable bonds is 8. The van der Waals surface area contributed by atoms with E-state index in [1.165, 1.54) is 59.0 Å². The smallest absolute Gasteiger partial charge is 0.235 e. The largest absolute Gasteiger partial charge is 0.481 e. The van der Waals surface area contributed by atoms with Gasteiger partial charge in [-0.05, 0) is 63.3 Å². The summed E-state index contributed by atoms with van der Waals surface area (Å²) in [5.41, 5.74) is 1.72. The van der Waals surface area contributed by atoms with E-state index in [0.717, 1.165) is 31.2 Å². The number of ether oxygens (including phenoxy) is 1. The molecule has 3 aromatic rings. The predicted molar refractivity (Wildman–Crippen MR) is 140 cm³/mol. The molecule has 1 atom stereocenters. The van der Waals surface area contributed by atoms with Gasteiger partial charge in [-0.15, -0.1) is 21.5 Å². The maximum atomic E-state index is 13.3. The molecule has 1 N–H and O–H groups in total. The lowest BCUT2D eigenvalue weighted by atomic mass is 9.97. The highest BCUT2D eigenvalue weighted by molar-refractivity contribution is 7.99. The lowest BCUT2D eigenvalue weighted by molar-refractivity contribution is -0.113. The average Bonchev–Trinajstić information content (AvgIpc) is 3.39. The van der Waals surface area contributed by atoms with Gasteiger partial charge in [0.2, 0.25) is 5.91 Å². The highest BCUT2D eigenvalue weighted by atomic mass is 35.5. The van der Waals surface area contributed by atoms with E-state index in [1.807, 2.05) is 18.4 Å². The molecule has 0 bridgehead atoms. The highest BCUT2D eigenvalue weighted by Gasteiger charge is 2.23. The van der Waals surface area contributed by atoms with Gasteiger partial charge < -0.3 is 14.6 Å². The van der Waals surface area contributed by atoms with Crippen molar-refractivity contribution < 1.29 is 13.9 Å². The number of hydrogen-bond donors (Lipinski definition) is 1. The lowest BCUT2D eigenvalue weighted by Crippen LogP contribution is -2.15. The third-order valence-corrected chi connectivity index (χ3v) is 8.46. The van der Waals surface area contributed by atoms with Crippen molar-refractivity contribution in [3.63, 3.8) is 0 Å². The van der Waals surface area contributed by atoms with Gasteiger partial charge >= 0.3 is 0 Å². The van der Waals surface area contributed by atoms with Crippen molar-refractivity contribution in [2.24, 2.45) is 0 Å². The third kappa shape index (κ3) is 6.02. The number of nitriles is 1. The maximum Gasteiger partial charge on any atom is 0.235 e. The minimum Gasteiger partial charge on any atom is -0.481 e. The van der Waals surface area contributed by atoms with Crippen LogP contribution in [0.25, 0.3) is 0 Å². The van der Waals surface area contributed by atoms with E-state index in [-0.39, 0.29) is 16.7 Å². The first-order valence-corrected chi connectivity index (χ1v) is 14.1. The summed E-state index contributed by atoms with van der Waals surface area (Å²) in [4.78, 5) is 14.0. The van der Waals surface area contributed by atoms with Gasteiger partial charge in [0.1, 0.15) is 22.6 Å². The molecule has 1 amide bonds. The Bertz CT molecular complexity index is 1290. The van der Waals surface area contributed by atoms with E-state index in [1.54, 1.807) is 0 Å². The zero-order valence-corrected chi connectivity index (χ0v) is 22.5. The van der Waals surface area contributed by atoms with Crippen LogP contribution in [0.4, 0.5) is 9.39 Å². The lowest BCUT2D eigenvalue weighted by Gasteiger charge is -2.16. The normalized spacial score (nSPS) is 14.3. The van der Waals surface area contributed by atoms with E-state index in [0.29, 0.717) is 33.8 Å². The quantitative estimate of drug-likeness (QED) is 0.321. The summed E-state index contributed by atoms with van der Waals surface area (Å²) in [6.45, 7) is 4.34. The van der Waals surface area contributed by atoms with Crippen LogP contribution in [0.5, 0.6) is 5.75 Å². The number of fused-ring (bicyclic) bond motifs is 1. The van der Waals surface area contributed by atoms with Crippen molar-refractivity contribution in [3.8, 4) is 11.8 Å². The molecule has 4 rings (SSSR count). The predicted octanol–water partition coefficient (Wildman–Crippen LogP) is 6.55. The summed E-state index contributed by atoms with van der Waals surface area (Å²) in [5.74, 6) is 0.420. The Hall–Kier alpha value is -2.61. The Kier molecular flexibility index (Phi) is 8.88. The number of hydrogen-bond acceptors (Lipinski definition) is 7. The fraction of sp³-hybridized carbons (Fsp3) is 0.440. The summed E-state index contributed by atoms with van der Waals surface area (Å²) in [6.07, 6.45) is 5.94. The van der Waals surface area contributed by atoms with Crippen LogP contribution in [0.2, 0.25) is 5.02 Å². The molecule has 2 aromatic heterocycles. The topological polar surface area (TPSA) is 92.8 Å². The van der Waals surface area contributed by atoms with E-state index in [4.69, 9.17) is 16.3 Å². The number of aromatic nitrogens is 3. The van der Waals surface area contributed by atoms with Crippen molar-refractivity contribution in [1.82, 2.24) is 14.8 Å². The van der Waals surface area contributed by atoms with Gasteiger partial charge in [-0.3, -0.25) is 4.79 Å². The number of aryl methyl sites for hydroxylation is 1. The first-order chi connectivity index (χ1) is 17.4. The summed E-state index contributed by atoms with van der Waals surface area (Å²) in [6, 6.07) is 6.26. The molecule has 190 valence electrons. The number of carbonyl (C=O) groups is 1. The molecule has 0 spiro atoms. The van der Waals surface area contributed by atoms with Gasteiger partial charge in [0.25, 0.3) is 0 Å². The van der Waals surface area contributed by atoms with Gasteiger partial charge in [0.05, 0.1) is 16.3 Å². The molecule has 2 heterocycles. The monoisotopic (exact) mass is 547 g/mol. The number of benzene rings is 1. The Morgan fingerprint density at radius 2 is 2.11 bits per heavy atom. The fourth-order valence-corrected chi connectivity index (χ4v) is 6.51.